The molecule has 104 valence electrons. The molecule has 0 saturated heterocycles. The van der Waals surface area contributed by atoms with E-state index in [1.165, 1.54) is 18.2 Å². The van der Waals surface area contributed by atoms with Crippen LogP contribution in [0.1, 0.15) is 17.0 Å². The summed E-state index contributed by atoms with van der Waals surface area (Å²) >= 11 is 0. The summed E-state index contributed by atoms with van der Waals surface area (Å²) in [6, 6.07) is 5.98. The van der Waals surface area contributed by atoms with Crippen LogP contribution in [0.4, 0.5) is 5.69 Å². The van der Waals surface area contributed by atoms with E-state index in [1.807, 2.05) is 19.9 Å². The molecule has 0 aliphatic heterocycles. The fourth-order valence-electron chi connectivity index (χ4n) is 1.95. The van der Waals surface area contributed by atoms with Gasteiger partial charge in [0.2, 0.25) is 0 Å². The van der Waals surface area contributed by atoms with Crippen LogP contribution in [0.2, 0.25) is 0 Å². The summed E-state index contributed by atoms with van der Waals surface area (Å²) in [4.78, 5) is 10.3. The van der Waals surface area contributed by atoms with Crippen molar-refractivity contribution in [2.24, 2.45) is 10.9 Å². The Morgan fingerprint density at radius 3 is 2.65 bits per heavy atom. The van der Waals surface area contributed by atoms with Gasteiger partial charge in [-0.2, -0.15) is 5.10 Å². The highest BCUT2D eigenvalue weighted by molar-refractivity contribution is 6.01. The van der Waals surface area contributed by atoms with E-state index in [-0.39, 0.29) is 17.1 Å². The molecule has 3 N–H and O–H groups in total. The molecule has 0 unspecified atom stereocenters. The highest BCUT2D eigenvalue weighted by Gasteiger charge is 2.17. The molecule has 0 radical (unpaired) electrons. The van der Waals surface area contributed by atoms with Crippen molar-refractivity contribution in [3.05, 3.63) is 51.3 Å². The first-order valence-corrected chi connectivity index (χ1v) is 5.74. The normalized spacial score (nSPS) is 11.6. The lowest BCUT2D eigenvalue weighted by molar-refractivity contribution is -0.384. The van der Waals surface area contributed by atoms with Crippen LogP contribution < -0.4 is 5.73 Å². The molecule has 0 fully saturated rings. The predicted octanol–water partition coefficient (Wildman–Crippen LogP) is 1.49. The summed E-state index contributed by atoms with van der Waals surface area (Å²) in [7, 11) is 0. The minimum absolute atomic E-state index is 0.142. The van der Waals surface area contributed by atoms with Crippen LogP contribution in [-0.4, -0.2) is 25.7 Å². The molecule has 20 heavy (non-hydrogen) atoms. The third-order valence-corrected chi connectivity index (χ3v) is 2.81. The SMILES string of the molecule is Cc1cc(C)n(-c2ccc([N+](=O)[O-])cc2C(N)=NO)n1. The number of non-ortho nitro benzene ring substituents is 1. The zero-order chi connectivity index (χ0) is 14.9. The number of oxime groups is 1. The van der Waals surface area contributed by atoms with Crippen molar-refractivity contribution < 1.29 is 10.1 Å². The Labute approximate surface area is 114 Å². The minimum atomic E-state index is -0.543. The van der Waals surface area contributed by atoms with Gasteiger partial charge in [-0.3, -0.25) is 10.1 Å². The lowest BCUT2D eigenvalue weighted by Gasteiger charge is -2.10. The lowest BCUT2D eigenvalue weighted by Crippen LogP contribution is -2.17. The number of nitro groups is 1. The predicted molar refractivity (Wildman–Crippen MR) is 72.2 cm³/mol. The Morgan fingerprint density at radius 1 is 1.45 bits per heavy atom. The number of nitro benzene ring substituents is 1. The number of hydrogen-bond donors (Lipinski definition) is 2. The number of nitrogens with zero attached hydrogens (tertiary/aromatic N) is 4. The molecule has 0 amide bonds. The van der Waals surface area contributed by atoms with Gasteiger partial charge >= 0.3 is 0 Å². The van der Waals surface area contributed by atoms with Crippen LogP contribution in [0.15, 0.2) is 29.4 Å². The van der Waals surface area contributed by atoms with Gasteiger partial charge in [0, 0.05) is 17.8 Å². The molecule has 8 heteroatoms. The molecular weight excluding hydrogens is 262 g/mol. The van der Waals surface area contributed by atoms with Crippen molar-refractivity contribution in [1.82, 2.24) is 9.78 Å². The number of rotatable bonds is 3. The molecular formula is C12H13N5O3. The molecule has 0 aliphatic rings. The second kappa shape index (κ2) is 5.00. The summed E-state index contributed by atoms with van der Waals surface area (Å²) in [5.41, 5.74) is 7.84. The first kappa shape index (κ1) is 13.5. The van der Waals surface area contributed by atoms with Crippen LogP contribution in [0.5, 0.6) is 0 Å². The second-order valence-electron chi connectivity index (χ2n) is 4.28. The summed E-state index contributed by atoms with van der Waals surface area (Å²) in [5.74, 6) is -0.212. The van der Waals surface area contributed by atoms with E-state index in [2.05, 4.69) is 10.3 Å². The third kappa shape index (κ3) is 2.30. The largest absolute Gasteiger partial charge is 0.409 e. The van der Waals surface area contributed by atoms with Crippen molar-refractivity contribution in [2.45, 2.75) is 13.8 Å². The van der Waals surface area contributed by atoms with E-state index in [4.69, 9.17) is 10.9 Å². The molecule has 0 atom stereocenters. The van der Waals surface area contributed by atoms with Gasteiger partial charge in [-0.1, -0.05) is 5.16 Å². The van der Waals surface area contributed by atoms with Gasteiger partial charge in [-0.25, -0.2) is 4.68 Å². The molecule has 1 aromatic carbocycles. The fraction of sp³-hybridized carbons (Fsp3) is 0.167. The first-order valence-electron chi connectivity index (χ1n) is 5.74. The molecule has 2 aromatic rings. The zero-order valence-corrected chi connectivity index (χ0v) is 10.9. The van der Waals surface area contributed by atoms with Crippen LogP contribution in [-0.2, 0) is 0 Å². The molecule has 0 aliphatic carbocycles. The van der Waals surface area contributed by atoms with E-state index < -0.39 is 4.92 Å². The Kier molecular flexibility index (Phi) is 3.38. The second-order valence-corrected chi connectivity index (χ2v) is 4.28. The summed E-state index contributed by atoms with van der Waals surface area (Å²) in [6.45, 7) is 3.68. The lowest BCUT2D eigenvalue weighted by atomic mass is 10.1. The van der Waals surface area contributed by atoms with Gasteiger partial charge in [-0.15, -0.1) is 0 Å². The standard InChI is InChI=1S/C12H13N5O3/c1-7-5-8(2)16(14-7)11-4-3-9(17(19)20)6-10(11)12(13)15-18/h3-6,18H,1-2H3,(H2,13,15). The first-order chi connectivity index (χ1) is 9.43. The van der Waals surface area contributed by atoms with Crippen molar-refractivity contribution in [2.75, 3.05) is 0 Å². The van der Waals surface area contributed by atoms with Gasteiger partial charge in [-0.05, 0) is 26.0 Å². The Morgan fingerprint density at radius 2 is 2.15 bits per heavy atom. The molecule has 1 heterocycles. The van der Waals surface area contributed by atoms with Gasteiger partial charge < -0.3 is 10.9 Å². The number of benzene rings is 1. The Bertz CT molecular complexity index is 705. The Hall–Kier alpha value is -2.90. The third-order valence-electron chi connectivity index (χ3n) is 2.81. The maximum atomic E-state index is 10.8. The van der Waals surface area contributed by atoms with E-state index in [0.29, 0.717) is 5.69 Å². The molecule has 2 rings (SSSR count). The highest BCUT2D eigenvalue weighted by atomic mass is 16.6. The zero-order valence-electron chi connectivity index (χ0n) is 10.9. The van der Waals surface area contributed by atoms with Gasteiger partial charge in [0.05, 0.1) is 21.9 Å². The topological polar surface area (TPSA) is 120 Å². The van der Waals surface area contributed by atoms with E-state index in [0.717, 1.165) is 11.4 Å². The quantitative estimate of drug-likeness (QED) is 0.289. The van der Waals surface area contributed by atoms with Crippen LogP contribution in [0, 0.1) is 24.0 Å². The van der Waals surface area contributed by atoms with Crippen molar-refractivity contribution in [3.63, 3.8) is 0 Å². The Balaban J connectivity index is 2.70. The van der Waals surface area contributed by atoms with Gasteiger partial charge in [0.15, 0.2) is 5.84 Å². The molecule has 0 saturated carbocycles. The summed E-state index contributed by atoms with van der Waals surface area (Å²) in [6.07, 6.45) is 0. The van der Waals surface area contributed by atoms with Gasteiger partial charge in [0.1, 0.15) is 0 Å². The maximum Gasteiger partial charge on any atom is 0.270 e. The average Bonchev–Trinajstić information content (AvgIpc) is 2.75. The molecule has 0 spiro atoms. The monoisotopic (exact) mass is 275 g/mol. The van der Waals surface area contributed by atoms with Crippen molar-refractivity contribution in [1.29, 1.82) is 0 Å². The number of hydrogen-bond acceptors (Lipinski definition) is 5. The van der Waals surface area contributed by atoms with Crippen LogP contribution in [0.3, 0.4) is 0 Å². The van der Waals surface area contributed by atoms with Crippen LogP contribution in [0.25, 0.3) is 5.69 Å². The van der Waals surface area contributed by atoms with Crippen molar-refractivity contribution in [3.8, 4) is 5.69 Å². The maximum absolute atomic E-state index is 10.8. The molecule has 1 aromatic heterocycles. The van der Waals surface area contributed by atoms with E-state index in [9.17, 15) is 10.1 Å². The van der Waals surface area contributed by atoms with E-state index >= 15 is 0 Å². The van der Waals surface area contributed by atoms with Crippen LogP contribution >= 0.6 is 0 Å². The molecule has 0 bridgehead atoms. The number of aromatic nitrogens is 2. The molecule has 8 nitrogen and oxygen atoms in total. The summed E-state index contributed by atoms with van der Waals surface area (Å²) < 4.78 is 1.59. The van der Waals surface area contributed by atoms with E-state index in [1.54, 1.807) is 4.68 Å². The van der Waals surface area contributed by atoms with Gasteiger partial charge in [0.25, 0.3) is 5.69 Å². The average molecular weight is 275 g/mol. The smallest absolute Gasteiger partial charge is 0.270 e. The number of nitrogens with two attached hydrogens (primary N) is 1. The van der Waals surface area contributed by atoms with Crippen molar-refractivity contribution >= 4 is 11.5 Å². The minimum Gasteiger partial charge on any atom is -0.409 e. The highest BCUT2D eigenvalue weighted by Crippen LogP contribution is 2.22. The summed E-state index contributed by atoms with van der Waals surface area (Å²) in [5, 5.41) is 26.8. The number of aryl methyl sites for hydroxylation is 2. The fourth-order valence-corrected chi connectivity index (χ4v) is 1.95. The number of amidine groups is 1.